The highest BCUT2D eigenvalue weighted by molar-refractivity contribution is 5.74. The van der Waals surface area contributed by atoms with Crippen LogP contribution in [0.4, 0.5) is 0 Å². The Balaban J connectivity index is 2.13. The van der Waals surface area contributed by atoms with Gasteiger partial charge in [-0.3, -0.25) is 9.63 Å². The number of hydrogen-bond donors (Lipinski definition) is 0. The topological polar surface area (TPSA) is 29.5 Å². The van der Waals surface area contributed by atoms with E-state index in [0.717, 1.165) is 12.3 Å². The van der Waals surface area contributed by atoms with Gasteiger partial charge in [0.25, 0.3) is 0 Å². The third-order valence-electron chi connectivity index (χ3n) is 2.87. The van der Waals surface area contributed by atoms with Crippen LogP contribution in [0.3, 0.4) is 0 Å². The average molecular weight is 185 g/mol. The minimum Gasteiger partial charge on any atom is -0.275 e. The van der Waals surface area contributed by atoms with Crippen LogP contribution in [-0.4, -0.2) is 25.1 Å². The van der Waals surface area contributed by atoms with E-state index in [1.54, 1.807) is 7.05 Å². The van der Waals surface area contributed by atoms with Crippen molar-refractivity contribution in [3.63, 3.8) is 0 Å². The molecule has 0 unspecified atom stereocenters. The van der Waals surface area contributed by atoms with Gasteiger partial charge in [0.2, 0.25) is 5.91 Å². The van der Waals surface area contributed by atoms with Gasteiger partial charge in [-0.2, -0.15) is 0 Å². The quantitative estimate of drug-likeness (QED) is 0.627. The third-order valence-corrected chi connectivity index (χ3v) is 2.87. The molecule has 3 nitrogen and oxygen atoms in total. The summed E-state index contributed by atoms with van der Waals surface area (Å²) in [5.41, 5.74) is 0. The molecule has 76 valence electrons. The predicted molar refractivity (Wildman–Crippen MR) is 51.0 cm³/mol. The summed E-state index contributed by atoms with van der Waals surface area (Å²) >= 11 is 0. The number of carbonyl (C=O) groups is 1. The number of amides is 1. The molecule has 0 heterocycles. The summed E-state index contributed by atoms with van der Waals surface area (Å²) in [5.74, 6) is 0.878. The van der Waals surface area contributed by atoms with Crippen molar-refractivity contribution in [2.75, 3.05) is 14.2 Å². The lowest BCUT2D eigenvalue weighted by Gasteiger charge is -2.14. The molecule has 1 aliphatic carbocycles. The standard InChI is InChI=1S/C10H19NO2/c1-11(13-2)10(12)8-7-9-5-3-4-6-9/h9H,3-8H2,1-2H3. The van der Waals surface area contributed by atoms with E-state index in [9.17, 15) is 4.79 Å². The Hall–Kier alpha value is -0.570. The molecule has 0 aromatic heterocycles. The Morgan fingerprint density at radius 1 is 1.46 bits per heavy atom. The summed E-state index contributed by atoms with van der Waals surface area (Å²) in [6.45, 7) is 0. The molecule has 1 aliphatic rings. The smallest absolute Gasteiger partial charge is 0.245 e. The van der Waals surface area contributed by atoms with Crippen LogP contribution in [0.5, 0.6) is 0 Å². The second-order valence-corrected chi connectivity index (χ2v) is 3.76. The molecule has 1 saturated carbocycles. The summed E-state index contributed by atoms with van der Waals surface area (Å²) in [7, 11) is 3.18. The highest BCUT2D eigenvalue weighted by atomic mass is 16.7. The molecule has 1 rings (SSSR count). The molecular weight excluding hydrogens is 166 g/mol. The molecule has 1 amide bonds. The Bertz CT molecular complexity index is 164. The first-order chi connectivity index (χ1) is 6.24. The van der Waals surface area contributed by atoms with Crippen molar-refractivity contribution in [1.29, 1.82) is 0 Å². The van der Waals surface area contributed by atoms with E-state index >= 15 is 0 Å². The van der Waals surface area contributed by atoms with Crippen molar-refractivity contribution < 1.29 is 9.63 Å². The molecule has 0 aromatic rings. The van der Waals surface area contributed by atoms with E-state index in [1.165, 1.54) is 37.9 Å². The Kier molecular flexibility index (Phi) is 4.22. The SMILES string of the molecule is CON(C)C(=O)CCC1CCCC1. The van der Waals surface area contributed by atoms with E-state index in [1.807, 2.05) is 0 Å². The van der Waals surface area contributed by atoms with Gasteiger partial charge < -0.3 is 0 Å². The van der Waals surface area contributed by atoms with Crippen LogP contribution in [0.15, 0.2) is 0 Å². The zero-order chi connectivity index (χ0) is 9.68. The first kappa shape index (κ1) is 10.5. The van der Waals surface area contributed by atoms with Gasteiger partial charge in [0, 0.05) is 13.5 Å². The zero-order valence-corrected chi connectivity index (χ0v) is 8.58. The summed E-state index contributed by atoms with van der Waals surface area (Å²) in [4.78, 5) is 16.1. The Morgan fingerprint density at radius 3 is 2.62 bits per heavy atom. The predicted octanol–water partition coefficient (Wildman–Crippen LogP) is 1.98. The number of rotatable bonds is 4. The van der Waals surface area contributed by atoms with Crippen molar-refractivity contribution in [2.45, 2.75) is 38.5 Å². The first-order valence-corrected chi connectivity index (χ1v) is 5.04. The van der Waals surface area contributed by atoms with Gasteiger partial charge in [-0.05, 0) is 12.3 Å². The second kappa shape index (κ2) is 5.22. The molecule has 0 radical (unpaired) electrons. The molecular formula is C10H19NO2. The fraction of sp³-hybridized carbons (Fsp3) is 0.900. The van der Waals surface area contributed by atoms with Crippen LogP contribution in [-0.2, 0) is 9.63 Å². The summed E-state index contributed by atoms with van der Waals surface area (Å²) in [6.07, 6.45) is 6.98. The van der Waals surface area contributed by atoms with Gasteiger partial charge in [0.05, 0.1) is 7.11 Å². The molecule has 0 aliphatic heterocycles. The average Bonchev–Trinajstić information content (AvgIpc) is 2.65. The van der Waals surface area contributed by atoms with Crippen molar-refractivity contribution in [1.82, 2.24) is 5.06 Å². The largest absolute Gasteiger partial charge is 0.275 e. The van der Waals surface area contributed by atoms with Crippen LogP contribution in [0.2, 0.25) is 0 Å². The van der Waals surface area contributed by atoms with Gasteiger partial charge in [-0.15, -0.1) is 0 Å². The van der Waals surface area contributed by atoms with Gasteiger partial charge in [0.15, 0.2) is 0 Å². The highest BCUT2D eigenvalue weighted by Crippen LogP contribution is 2.28. The molecule has 1 fully saturated rings. The number of nitrogens with zero attached hydrogens (tertiary/aromatic N) is 1. The minimum absolute atomic E-state index is 0.0920. The second-order valence-electron chi connectivity index (χ2n) is 3.76. The normalized spacial score (nSPS) is 17.7. The molecule has 0 atom stereocenters. The van der Waals surface area contributed by atoms with Crippen LogP contribution in [0.1, 0.15) is 38.5 Å². The van der Waals surface area contributed by atoms with Crippen molar-refractivity contribution in [3.05, 3.63) is 0 Å². The lowest BCUT2D eigenvalue weighted by Crippen LogP contribution is -2.25. The van der Waals surface area contributed by atoms with Gasteiger partial charge in [-0.25, -0.2) is 5.06 Å². The minimum atomic E-state index is 0.0920. The zero-order valence-electron chi connectivity index (χ0n) is 8.58. The molecule has 0 N–H and O–H groups in total. The molecule has 0 saturated heterocycles. The van der Waals surface area contributed by atoms with Crippen molar-refractivity contribution >= 4 is 5.91 Å². The number of hydrogen-bond acceptors (Lipinski definition) is 2. The van der Waals surface area contributed by atoms with Crippen LogP contribution < -0.4 is 0 Å². The number of hydroxylamine groups is 2. The maximum Gasteiger partial charge on any atom is 0.245 e. The van der Waals surface area contributed by atoms with E-state index in [-0.39, 0.29) is 5.91 Å². The van der Waals surface area contributed by atoms with Crippen LogP contribution in [0, 0.1) is 5.92 Å². The lowest BCUT2D eigenvalue weighted by molar-refractivity contribution is -0.168. The van der Waals surface area contributed by atoms with E-state index in [0.29, 0.717) is 6.42 Å². The van der Waals surface area contributed by atoms with Gasteiger partial charge >= 0.3 is 0 Å². The van der Waals surface area contributed by atoms with E-state index < -0.39 is 0 Å². The first-order valence-electron chi connectivity index (χ1n) is 5.04. The molecule has 0 spiro atoms. The van der Waals surface area contributed by atoms with Crippen molar-refractivity contribution in [2.24, 2.45) is 5.92 Å². The Labute approximate surface area is 80.0 Å². The third kappa shape index (κ3) is 3.35. The maximum absolute atomic E-state index is 11.3. The molecule has 13 heavy (non-hydrogen) atoms. The van der Waals surface area contributed by atoms with Crippen LogP contribution >= 0.6 is 0 Å². The van der Waals surface area contributed by atoms with E-state index in [4.69, 9.17) is 4.84 Å². The molecule has 3 heteroatoms. The highest BCUT2D eigenvalue weighted by Gasteiger charge is 2.17. The van der Waals surface area contributed by atoms with Crippen LogP contribution in [0.25, 0.3) is 0 Å². The maximum atomic E-state index is 11.3. The molecule has 0 aromatic carbocycles. The Morgan fingerprint density at radius 2 is 2.08 bits per heavy atom. The van der Waals surface area contributed by atoms with E-state index in [2.05, 4.69) is 0 Å². The summed E-state index contributed by atoms with van der Waals surface area (Å²) < 4.78 is 0. The van der Waals surface area contributed by atoms with Crippen molar-refractivity contribution in [3.8, 4) is 0 Å². The van der Waals surface area contributed by atoms with Gasteiger partial charge in [-0.1, -0.05) is 25.7 Å². The fourth-order valence-electron chi connectivity index (χ4n) is 1.89. The fourth-order valence-corrected chi connectivity index (χ4v) is 1.89. The number of carbonyl (C=O) groups excluding carboxylic acids is 1. The summed E-state index contributed by atoms with van der Waals surface area (Å²) in [6, 6.07) is 0. The lowest BCUT2D eigenvalue weighted by atomic mass is 10.0. The molecule has 0 bridgehead atoms. The monoisotopic (exact) mass is 185 g/mol. The van der Waals surface area contributed by atoms with Gasteiger partial charge in [0.1, 0.15) is 0 Å². The summed E-state index contributed by atoms with van der Waals surface area (Å²) in [5, 5.41) is 1.31.